The summed E-state index contributed by atoms with van der Waals surface area (Å²) >= 11 is 5.82. The van der Waals surface area contributed by atoms with E-state index in [9.17, 15) is 4.39 Å². The maximum absolute atomic E-state index is 13.4. The molecule has 4 heteroatoms. The smallest absolute Gasteiger partial charge is 0.146 e. The van der Waals surface area contributed by atoms with Crippen molar-refractivity contribution in [3.8, 4) is 0 Å². The van der Waals surface area contributed by atoms with E-state index in [4.69, 9.17) is 11.6 Å². The molecule has 1 saturated heterocycles. The summed E-state index contributed by atoms with van der Waals surface area (Å²) in [6, 6.07) is 4.59. The lowest BCUT2D eigenvalue weighted by atomic mass is 9.98. The molecule has 1 aromatic carbocycles. The first-order chi connectivity index (χ1) is 7.75. The van der Waals surface area contributed by atoms with Crippen LogP contribution in [-0.4, -0.2) is 19.6 Å². The first-order valence-corrected chi connectivity index (χ1v) is 6.03. The molecule has 0 radical (unpaired) electrons. The molecule has 2 N–H and O–H groups in total. The van der Waals surface area contributed by atoms with Gasteiger partial charge in [-0.2, -0.15) is 0 Å². The summed E-state index contributed by atoms with van der Waals surface area (Å²) in [7, 11) is 0. The molecule has 0 unspecified atom stereocenters. The fourth-order valence-corrected chi connectivity index (χ4v) is 2.15. The van der Waals surface area contributed by atoms with Crippen LogP contribution in [0.4, 0.5) is 10.1 Å². The number of hydrogen-bond acceptors (Lipinski definition) is 2. The summed E-state index contributed by atoms with van der Waals surface area (Å²) in [5, 5.41) is 7.01. The molecule has 0 amide bonds. The lowest BCUT2D eigenvalue weighted by Crippen LogP contribution is -2.31. The van der Waals surface area contributed by atoms with Crippen LogP contribution in [-0.2, 0) is 0 Å². The lowest BCUT2D eigenvalue weighted by molar-refractivity contribution is 0.389. The Kier molecular flexibility index (Phi) is 4.02. The lowest BCUT2D eigenvalue weighted by Gasteiger charge is -2.23. The molecule has 88 valence electrons. The van der Waals surface area contributed by atoms with E-state index in [0.717, 1.165) is 32.5 Å². The van der Waals surface area contributed by atoms with Crippen LogP contribution in [0, 0.1) is 11.7 Å². The summed E-state index contributed by atoms with van der Waals surface area (Å²) in [6.45, 7) is 2.94. The Morgan fingerprint density at radius 3 is 2.88 bits per heavy atom. The highest BCUT2D eigenvalue weighted by molar-refractivity contribution is 6.30. The topological polar surface area (TPSA) is 24.1 Å². The quantitative estimate of drug-likeness (QED) is 0.852. The molecule has 1 aliphatic rings. The van der Waals surface area contributed by atoms with Crippen molar-refractivity contribution in [2.24, 2.45) is 5.92 Å². The van der Waals surface area contributed by atoms with Gasteiger partial charge in [0.05, 0.1) is 5.69 Å². The van der Waals surface area contributed by atoms with Crippen molar-refractivity contribution in [2.75, 3.05) is 25.0 Å². The number of halogens is 2. The number of anilines is 1. The third-order valence-electron chi connectivity index (χ3n) is 2.97. The largest absolute Gasteiger partial charge is 0.382 e. The van der Waals surface area contributed by atoms with E-state index in [1.54, 1.807) is 12.1 Å². The van der Waals surface area contributed by atoms with Gasteiger partial charge in [-0.1, -0.05) is 11.6 Å². The van der Waals surface area contributed by atoms with Crippen molar-refractivity contribution >= 4 is 17.3 Å². The van der Waals surface area contributed by atoms with Gasteiger partial charge in [0, 0.05) is 11.6 Å². The van der Waals surface area contributed by atoms with E-state index < -0.39 is 0 Å². The molecule has 0 atom stereocenters. The second-order valence-electron chi connectivity index (χ2n) is 4.20. The minimum atomic E-state index is -0.238. The fraction of sp³-hybridized carbons (Fsp3) is 0.500. The van der Waals surface area contributed by atoms with Crippen molar-refractivity contribution < 1.29 is 4.39 Å². The third-order valence-corrected chi connectivity index (χ3v) is 3.20. The van der Waals surface area contributed by atoms with Crippen LogP contribution in [0.5, 0.6) is 0 Å². The van der Waals surface area contributed by atoms with Crippen LogP contribution in [0.15, 0.2) is 18.2 Å². The molecule has 0 aliphatic carbocycles. The highest BCUT2D eigenvalue weighted by atomic mass is 35.5. The van der Waals surface area contributed by atoms with E-state index in [0.29, 0.717) is 16.6 Å². The predicted molar refractivity (Wildman–Crippen MR) is 65.5 cm³/mol. The molecule has 16 heavy (non-hydrogen) atoms. The number of hydrogen-bond donors (Lipinski definition) is 2. The Morgan fingerprint density at radius 2 is 2.12 bits per heavy atom. The van der Waals surface area contributed by atoms with Crippen molar-refractivity contribution in [3.63, 3.8) is 0 Å². The zero-order valence-electron chi connectivity index (χ0n) is 9.10. The minimum Gasteiger partial charge on any atom is -0.382 e. The van der Waals surface area contributed by atoms with E-state index in [2.05, 4.69) is 10.6 Å². The van der Waals surface area contributed by atoms with Gasteiger partial charge < -0.3 is 10.6 Å². The molecule has 0 saturated carbocycles. The molecule has 2 nitrogen and oxygen atoms in total. The monoisotopic (exact) mass is 242 g/mol. The van der Waals surface area contributed by atoms with Crippen molar-refractivity contribution in [3.05, 3.63) is 29.0 Å². The second-order valence-corrected chi connectivity index (χ2v) is 4.63. The maximum atomic E-state index is 13.4. The Bertz CT molecular complexity index is 351. The molecule has 1 fully saturated rings. The van der Waals surface area contributed by atoms with Gasteiger partial charge in [0.15, 0.2) is 0 Å². The molecule has 0 aromatic heterocycles. The highest BCUT2D eigenvalue weighted by Gasteiger charge is 2.13. The van der Waals surface area contributed by atoms with Crippen LogP contribution < -0.4 is 10.6 Å². The number of piperidine rings is 1. The van der Waals surface area contributed by atoms with Gasteiger partial charge in [0.25, 0.3) is 0 Å². The SMILES string of the molecule is Fc1ccc(Cl)cc1NCC1CCNCC1. The number of rotatable bonds is 3. The molecule has 1 aromatic rings. The van der Waals surface area contributed by atoms with Gasteiger partial charge in [0.1, 0.15) is 5.82 Å². The van der Waals surface area contributed by atoms with E-state index in [1.165, 1.54) is 6.07 Å². The summed E-state index contributed by atoms with van der Waals surface area (Å²) in [5.41, 5.74) is 0.506. The van der Waals surface area contributed by atoms with Crippen molar-refractivity contribution in [2.45, 2.75) is 12.8 Å². The average Bonchev–Trinajstić information content (AvgIpc) is 2.32. The van der Waals surface area contributed by atoms with Gasteiger partial charge in [-0.05, 0) is 50.0 Å². The first kappa shape index (κ1) is 11.7. The number of benzene rings is 1. The molecule has 1 heterocycles. The standard InChI is InChI=1S/C12H16ClFN2/c13-10-1-2-11(14)12(7-10)16-8-9-3-5-15-6-4-9/h1-2,7,9,15-16H,3-6,8H2. The molecule has 1 aliphatic heterocycles. The van der Waals surface area contributed by atoms with Crippen LogP contribution >= 0.6 is 11.6 Å². The van der Waals surface area contributed by atoms with Crippen LogP contribution in [0.3, 0.4) is 0 Å². The summed E-state index contributed by atoms with van der Waals surface area (Å²) in [6.07, 6.45) is 2.30. The Hall–Kier alpha value is -0.800. The molecular weight excluding hydrogens is 227 g/mol. The fourth-order valence-electron chi connectivity index (χ4n) is 1.97. The van der Waals surface area contributed by atoms with Gasteiger partial charge in [-0.3, -0.25) is 0 Å². The summed E-state index contributed by atoms with van der Waals surface area (Å²) in [4.78, 5) is 0. The zero-order chi connectivity index (χ0) is 11.4. The normalized spacial score (nSPS) is 17.4. The van der Waals surface area contributed by atoms with Crippen molar-refractivity contribution in [1.82, 2.24) is 5.32 Å². The summed E-state index contributed by atoms with van der Waals surface area (Å²) in [5.74, 6) is 0.387. The van der Waals surface area contributed by atoms with Crippen LogP contribution in [0.25, 0.3) is 0 Å². The van der Waals surface area contributed by atoms with E-state index >= 15 is 0 Å². The molecule has 0 spiro atoms. The summed E-state index contributed by atoms with van der Waals surface area (Å²) < 4.78 is 13.4. The van der Waals surface area contributed by atoms with Gasteiger partial charge in [-0.15, -0.1) is 0 Å². The first-order valence-electron chi connectivity index (χ1n) is 5.65. The van der Waals surface area contributed by atoms with Crippen LogP contribution in [0.2, 0.25) is 5.02 Å². The average molecular weight is 243 g/mol. The molecule has 0 bridgehead atoms. The Balaban J connectivity index is 1.90. The Morgan fingerprint density at radius 1 is 1.38 bits per heavy atom. The van der Waals surface area contributed by atoms with Gasteiger partial charge in [0.2, 0.25) is 0 Å². The minimum absolute atomic E-state index is 0.238. The maximum Gasteiger partial charge on any atom is 0.146 e. The highest BCUT2D eigenvalue weighted by Crippen LogP contribution is 2.21. The molecule has 2 rings (SSSR count). The van der Waals surface area contributed by atoms with E-state index in [-0.39, 0.29) is 5.82 Å². The third kappa shape index (κ3) is 3.09. The van der Waals surface area contributed by atoms with Crippen molar-refractivity contribution in [1.29, 1.82) is 0 Å². The number of nitrogens with one attached hydrogen (secondary N) is 2. The van der Waals surface area contributed by atoms with Crippen LogP contribution in [0.1, 0.15) is 12.8 Å². The van der Waals surface area contributed by atoms with Gasteiger partial charge >= 0.3 is 0 Å². The Labute approximate surface area is 100 Å². The predicted octanol–water partition coefficient (Wildman–Crippen LogP) is 2.89. The van der Waals surface area contributed by atoms with Gasteiger partial charge in [-0.25, -0.2) is 4.39 Å². The van der Waals surface area contributed by atoms with E-state index in [1.807, 2.05) is 0 Å². The zero-order valence-corrected chi connectivity index (χ0v) is 9.86. The second kappa shape index (κ2) is 5.51. The molecular formula is C12H16ClFN2.